The molecule has 0 saturated carbocycles. The largest absolute Gasteiger partial charge is 0.480 e. The molecule has 4 nitrogen and oxygen atoms in total. The van der Waals surface area contributed by atoms with Crippen LogP contribution in [0, 0.1) is 5.92 Å². The highest BCUT2D eigenvalue weighted by atomic mass is 35.5. The summed E-state index contributed by atoms with van der Waals surface area (Å²) < 4.78 is 0. The SMILES string of the molecule is CC(C)C[C@@H](NC(=O)[C@@H](C)Sc1ccc(Cl)cc1)C(=O)O. The minimum absolute atomic E-state index is 0.200. The third-order valence-electron chi connectivity index (χ3n) is 2.82. The van der Waals surface area contributed by atoms with Gasteiger partial charge in [-0.1, -0.05) is 25.4 Å². The predicted octanol–water partition coefficient (Wildman–Crippen LogP) is 3.44. The Bertz CT molecular complexity index is 490. The van der Waals surface area contributed by atoms with Gasteiger partial charge in [-0.25, -0.2) is 4.79 Å². The molecular weight excluding hydrogens is 310 g/mol. The van der Waals surface area contributed by atoms with Crippen molar-refractivity contribution in [1.82, 2.24) is 5.32 Å². The van der Waals surface area contributed by atoms with Crippen LogP contribution in [0.25, 0.3) is 0 Å². The Balaban J connectivity index is 2.60. The average Bonchev–Trinajstić information content (AvgIpc) is 2.39. The second-order valence-corrected chi connectivity index (χ2v) is 7.09. The summed E-state index contributed by atoms with van der Waals surface area (Å²) in [4.78, 5) is 24.2. The van der Waals surface area contributed by atoms with Gasteiger partial charge in [-0.2, -0.15) is 0 Å². The Hall–Kier alpha value is -1.20. The van der Waals surface area contributed by atoms with Crippen LogP contribution < -0.4 is 5.32 Å². The van der Waals surface area contributed by atoms with Gasteiger partial charge in [0.25, 0.3) is 0 Å². The lowest BCUT2D eigenvalue weighted by atomic mass is 10.0. The Morgan fingerprint density at radius 1 is 1.24 bits per heavy atom. The lowest BCUT2D eigenvalue weighted by Gasteiger charge is -2.19. The van der Waals surface area contributed by atoms with Crippen molar-refractivity contribution in [2.24, 2.45) is 5.92 Å². The fraction of sp³-hybridized carbons (Fsp3) is 0.467. The molecule has 0 aromatic heterocycles. The lowest BCUT2D eigenvalue weighted by molar-refractivity contribution is -0.142. The van der Waals surface area contributed by atoms with E-state index in [0.717, 1.165) is 4.90 Å². The number of hydrogen-bond donors (Lipinski definition) is 2. The van der Waals surface area contributed by atoms with Crippen LogP contribution in [0.1, 0.15) is 27.2 Å². The van der Waals surface area contributed by atoms with Gasteiger partial charge < -0.3 is 10.4 Å². The lowest BCUT2D eigenvalue weighted by Crippen LogP contribution is -2.44. The van der Waals surface area contributed by atoms with E-state index in [1.54, 1.807) is 19.1 Å². The van der Waals surface area contributed by atoms with E-state index in [1.165, 1.54) is 11.8 Å². The number of amides is 1. The van der Waals surface area contributed by atoms with Crippen LogP contribution in [0.2, 0.25) is 5.02 Å². The average molecular weight is 330 g/mol. The van der Waals surface area contributed by atoms with Crippen molar-refractivity contribution >= 4 is 35.2 Å². The van der Waals surface area contributed by atoms with Gasteiger partial charge in [-0.15, -0.1) is 11.8 Å². The maximum absolute atomic E-state index is 12.1. The van der Waals surface area contributed by atoms with E-state index in [4.69, 9.17) is 16.7 Å². The van der Waals surface area contributed by atoms with E-state index in [-0.39, 0.29) is 17.1 Å². The van der Waals surface area contributed by atoms with Crippen molar-refractivity contribution in [3.63, 3.8) is 0 Å². The predicted molar refractivity (Wildman–Crippen MR) is 85.8 cm³/mol. The number of rotatable bonds is 7. The standard InChI is InChI=1S/C15H20ClNO3S/c1-9(2)8-13(15(19)20)17-14(18)10(3)21-12-6-4-11(16)5-7-12/h4-7,9-10,13H,8H2,1-3H3,(H,17,18)(H,19,20)/t10-,13-/m1/s1. The van der Waals surface area contributed by atoms with Gasteiger partial charge in [0.15, 0.2) is 0 Å². The van der Waals surface area contributed by atoms with Gasteiger partial charge in [0.05, 0.1) is 5.25 Å². The van der Waals surface area contributed by atoms with Crippen molar-refractivity contribution in [3.05, 3.63) is 29.3 Å². The number of nitrogens with one attached hydrogen (secondary N) is 1. The molecule has 0 bridgehead atoms. The molecule has 1 amide bonds. The molecule has 1 aromatic rings. The van der Waals surface area contributed by atoms with Gasteiger partial charge in [0.1, 0.15) is 6.04 Å². The second-order valence-electron chi connectivity index (χ2n) is 5.24. The third kappa shape index (κ3) is 6.40. The van der Waals surface area contributed by atoms with Crippen LogP contribution in [0.5, 0.6) is 0 Å². The number of aliphatic carboxylic acids is 1. The smallest absolute Gasteiger partial charge is 0.326 e. The zero-order valence-electron chi connectivity index (χ0n) is 12.3. The van der Waals surface area contributed by atoms with Gasteiger partial charge >= 0.3 is 5.97 Å². The minimum Gasteiger partial charge on any atom is -0.480 e. The zero-order valence-corrected chi connectivity index (χ0v) is 13.9. The zero-order chi connectivity index (χ0) is 16.0. The molecule has 1 aromatic carbocycles. The molecule has 0 unspecified atom stereocenters. The first-order chi connectivity index (χ1) is 9.79. The molecule has 0 aliphatic heterocycles. The summed E-state index contributed by atoms with van der Waals surface area (Å²) in [7, 11) is 0. The van der Waals surface area contributed by atoms with Gasteiger partial charge in [-0.3, -0.25) is 4.79 Å². The summed E-state index contributed by atoms with van der Waals surface area (Å²) in [5.41, 5.74) is 0. The molecule has 0 aliphatic rings. The van der Waals surface area contributed by atoms with Gasteiger partial charge in [0, 0.05) is 9.92 Å². The Labute approximate surface area is 134 Å². The van der Waals surface area contributed by atoms with Crippen molar-refractivity contribution < 1.29 is 14.7 Å². The molecule has 6 heteroatoms. The molecule has 1 rings (SSSR count). The monoisotopic (exact) mass is 329 g/mol. The van der Waals surface area contributed by atoms with Crippen LogP contribution in [0.4, 0.5) is 0 Å². The fourth-order valence-electron chi connectivity index (χ4n) is 1.75. The highest BCUT2D eigenvalue weighted by Crippen LogP contribution is 2.25. The quantitative estimate of drug-likeness (QED) is 0.752. The number of carboxylic acid groups (broad SMARTS) is 1. The highest BCUT2D eigenvalue weighted by Gasteiger charge is 2.24. The molecule has 0 spiro atoms. The van der Waals surface area contributed by atoms with E-state index in [0.29, 0.717) is 11.4 Å². The number of hydrogen-bond acceptors (Lipinski definition) is 3. The molecule has 0 radical (unpaired) electrons. The first-order valence-corrected chi connectivity index (χ1v) is 8.00. The van der Waals surface area contributed by atoms with Crippen LogP contribution in [0.15, 0.2) is 29.2 Å². The molecule has 2 atom stereocenters. The third-order valence-corrected chi connectivity index (χ3v) is 4.18. The first kappa shape index (κ1) is 17.9. The number of halogens is 1. The second kappa shape index (κ2) is 8.29. The minimum atomic E-state index is -0.999. The fourth-order valence-corrected chi connectivity index (χ4v) is 2.76. The van der Waals surface area contributed by atoms with E-state index in [9.17, 15) is 9.59 Å². The number of carboxylic acids is 1. The van der Waals surface area contributed by atoms with Crippen molar-refractivity contribution in [2.45, 2.75) is 43.4 Å². The molecule has 0 saturated heterocycles. The van der Waals surface area contributed by atoms with Crippen LogP contribution in [-0.4, -0.2) is 28.3 Å². The van der Waals surface area contributed by atoms with Crippen molar-refractivity contribution in [3.8, 4) is 0 Å². The molecule has 0 heterocycles. The summed E-state index contributed by atoms with van der Waals surface area (Å²) >= 11 is 7.18. The van der Waals surface area contributed by atoms with Gasteiger partial charge in [-0.05, 0) is 43.5 Å². The van der Waals surface area contributed by atoms with Crippen molar-refractivity contribution in [2.75, 3.05) is 0 Å². The van der Waals surface area contributed by atoms with E-state index < -0.39 is 12.0 Å². The summed E-state index contributed by atoms with van der Waals surface area (Å²) in [5, 5.41) is 12.0. The maximum Gasteiger partial charge on any atom is 0.326 e. The molecule has 0 fully saturated rings. The summed E-state index contributed by atoms with van der Waals surface area (Å²) in [6.07, 6.45) is 0.416. The number of thioether (sulfide) groups is 1. The van der Waals surface area contributed by atoms with Crippen molar-refractivity contribution in [1.29, 1.82) is 0 Å². The van der Waals surface area contributed by atoms with Crippen LogP contribution >= 0.6 is 23.4 Å². The molecule has 2 N–H and O–H groups in total. The molecule has 0 aliphatic carbocycles. The first-order valence-electron chi connectivity index (χ1n) is 6.75. The number of carbonyl (C=O) groups excluding carboxylic acids is 1. The van der Waals surface area contributed by atoms with Crippen LogP contribution in [-0.2, 0) is 9.59 Å². The van der Waals surface area contributed by atoms with Gasteiger partial charge in [0.2, 0.25) is 5.91 Å². The van der Waals surface area contributed by atoms with E-state index >= 15 is 0 Å². The Morgan fingerprint density at radius 3 is 2.29 bits per heavy atom. The van der Waals surface area contributed by atoms with E-state index in [1.807, 2.05) is 26.0 Å². The number of benzene rings is 1. The maximum atomic E-state index is 12.1. The highest BCUT2D eigenvalue weighted by molar-refractivity contribution is 8.00. The molecule has 116 valence electrons. The Morgan fingerprint density at radius 2 is 1.81 bits per heavy atom. The summed E-state index contributed by atoms with van der Waals surface area (Å²) in [5.74, 6) is -1.07. The topological polar surface area (TPSA) is 66.4 Å². The summed E-state index contributed by atoms with van der Waals surface area (Å²) in [6, 6.07) is 6.34. The summed E-state index contributed by atoms with van der Waals surface area (Å²) in [6.45, 7) is 5.60. The normalized spacial score (nSPS) is 13.8. The van der Waals surface area contributed by atoms with Crippen LogP contribution in [0.3, 0.4) is 0 Å². The number of carbonyl (C=O) groups is 2. The van der Waals surface area contributed by atoms with E-state index in [2.05, 4.69) is 5.32 Å². The Kier molecular flexibility index (Phi) is 7.05. The molecule has 21 heavy (non-hydrogen) atoms. The molecular formula is C15H20ClNO3S.